The predicted octanol–water partition coefficient (Wildman–Crippen LogP) is 2.46. The molecule has 0 unspecified atom stereocenters. The lowest BCUT2D eigenvalue weighted by molar-refractivity contribution is -0.121. The molecule has 3 aliphatic rings. The van der Waals surface area contributed by atoms with Gasteiger partial charge in [-0.25, -0.2) is 0 Å². The number of nitrogens with one attached hydrogen (secondary N) is 2. The van der Waals surface area contributed by atoms with Gasteiger partial charge in [0, 0.05) is 40.2 Å². The molecule has 0 bridgehead atoms. The summed E-state index contributed by atoms with van der Waals surface area (Å²) in [5.74, 6) is 4.59. The fourth-order valence-electron chi connectivity index (χ4n) is 4.02. The maximum Gasteiger partial charge on any atom is 0.220 e. The molecule has 0 aromatic carbocycles. The van der Waals surface area contributed by atoms with Crippen LogP contribution in [0.1, 0.15) is 44.9 Å². The SMILES string of the molecule is CN=C(NCC(C1CC1)C1CC1)N1CCC(CC(=O)NC)CC1.I. The largest absolute Gasteiger partial charge is 0.359 e. The van der Waals surface area contributed by atoms with E-state index in [1.54, 1.807) is 7.05 Å². The van der Waals surface area contributed by atoms with Crippen molar-refractivity contribution in [2.75, 3.05) is 33.7 Å². The fraction of sp³-hybridized carbons (Fsp3) is 0.889. The van der Waals surface area contributed by atoms with E-state index < -0.39 is 0 Å². The van der Waals surface area contributed by atoms with E-state index in [0.717, 1.165) is 56.2 Å². The van der Waals surface area contributed by atoms with Crippen LogP contribution < -0.4 is 10.6 Å². The van der Waals surface area contributed by atoms with Gasteiger partial charge >= 0.3 is 0 Å². The zero-order valence-corrected chi connectivity index (χ0v) is 17.4. The number of rotatable bonds is 6. The minimum atomic E-state index is 0. The van der Waals surface area contributed by atoms with Crippen LogP contribution in [0.3, 0.4) is 0 Å². The van der Waals surface area contributed by atoms with E-state index in [4.69, 9.17) is 0 Å². The molecule has 3 rings (SSSR count). The van der Waals surface area contributed by atoms with Crippen LogP contribution in [0.25, 0.3) is 0 Å². The number of amides is 1. The molecule has 138 valence electrons. The fourth-order valence-corrected chi connectivity index (χ4v) is 4.02. The molecule has 1 amide bonds. The van der Waals surface area contributed by atoms with E-state index in [2.05, 4.69) is 20.5 Å². The second-order valence-electron chi connectivity index (χ2n) is 7.57. The molecule has 2 N–H and O–H groups in total. The van der Waals surface area contributed by atoms with Crippen LogP contribution in [-0.2, 0) is 4.79 Å². The predicted molar refractivity (Wildman–Crippen MR) is 109 cm³/mol. The molecule has 0 radical (unpaired) electrons. The molecule has 2 saturated carbocycles. The van der Waals surface area contributed by atoms with Crippen LogP contribution in [0.15, 0.2) is 4.99 Å². The van der Waals surface area contributed by atoms with Crippen molar-refractivity contribution in [3.63, 3.8) is 0 Å². The average Bonchev–Trinajstić information content (AvgIpc) is 3.46. The Morgan fingerprint density at radius 3 is 2.17 bits per heavy atom. The number of likely N-dealkylation sites (tertiary alicyclic amines) is 1. The van der Waals surface area contributed by atoms with E-state index in [1.807, 2.05) is 7.05 Å². The Hall–Kier alpha value is -0.530. The van der Waals surface area contributed by atoms with Crippen LogP contribution in [0.4, 0.5) is 0 Å². The molecule has 1 heterocycles. The number of carbonyl (C=O) groups excluding carboxylic acids is 1. The smallest absolute Gasteiger partial charge is 0.220 e. The quantitative estimate of drug-likeness (QED) is 0.373. The molecule has 24 heavy (non-hydrogen) atoms. The molecular weight excluding hydrogens is 415 g/mol. The molecule has 5 nitrogen and oxygen atoms in total. The first kappa shape index (κ1) is 19.8. The normalized spacial score (nSPS) is 22.3. The first-order valence-corrected chi connectivity index (χ1v) is 9.37. The molecule has 0 aromatic heterocycles. The molecule has 6 heteroatoms. The summed E-state index contributed by atoms with van der Waals surface area (Å²) < 4.78 is 0. The van der Waals surface area contributed by atoms with Gasteiger partial charge in [-0.05, 0) is 62.2 Å². The van der Waals surface area contributed by atoms with Crippen molar-refractivity contribution >= 4 is 35.8 Å². The zero-order valence-electron chi connectivity index (χ0n) is 15.1. The second kappa shape index (κ2) is 9.25. The van der Waals surface area contributed by atoms with Crippen molar-refractivity contribution in [1.82, 2.24) is 15.5 Å². The number of halogens is 1. The molecule has 1 aliphatic heterocycles. The van der Waals surface area contributed by atoms with Gasteiger partial charge in [-0.2, -0.15) is 0 Å². The summed E-state index contributed by atoms with van der Waals surface area (Å²) in [7, 11) is 3.61. The van der Waals surface area contributed by atoms with Gasteiger partial charge in [-0.3, -0.25) is 9.79 Å². The van der Waals surface area contributed by atoms with E-state index in [-0.39, 0.29) is 29.9 Å². The highest BCUT2D eigenvalue weighted by molar-refractivity contribution is 14.0. The van der Waals surface area contributed by atoms with Gasteiger partial charge in [0.25, 0.3) is 0 Å². The molecule has 3 fully saturated rings. The zero-order chi connectivity index (χ0) is 16.2. The van der Waals surface area contributed by atoms with Crippen molar-refractivity contribution in [2.45, 2.75) is 44.9 Å². The topological polar surface area (TPSA) is 56.7 Å². The van der Waals surface area contributed by atoms with Crippen LogP contribution in [-0.4, -0.2) is 50.5 Å². The maximum atomic E-state index is 11.5. The summed E-state index contributed by atoms with van der Waals surface area (Å²) in [6, 6.07) is 0. The third kappa shape index (κ3) is 5.49. The minimum Gasteiger partial charge on any atom is -0.359 e. The van der Waals surface area contributed by atoms with Crippen molar-refractivity contribution in [1.29, 1.82) is 0 Å². The monoisotopic (exact) mass is 448 g/mol. The van der Waals surface area contributed by atoms with Gasteiger partial charge in [-0.15, -0.1) is 24.0 Å². The van der Waals surface area contributed by atoms with Crippen molar-refractivity contribution < 1.29 is 4.79 Å². The summed E-state index contributed by atoms with van der Waals surface area (Å²) in [4.78, 5) is 18.4. The average molecular weight is 448 g/mol. The third-order valence-electron chi connectivity index (χ3n) is 5.83. The van der Waals surface area contributed by atoms with Gasteiger partial charge in [0.1, 0.15) is 0 Å². The number of piperidine rings is 1. The molecule has 2 aliphatic carbocycles. The highest BCUT2D eigenvalue weighted by Crippen LogP contribution is 2.48. The molecule has 1 saturated heterocycles. The number of hydrogen-bond donors (Lipinski definition) is 2. The Labute approximate surface area is 163 Å². The first-order valence-electron chi connectivity index (χ1n) is 9.37. The molecular formula is C18H33IN4O. The second-order valence-corrected chi connectivity index (χ2v) is 7.57. The Balaban J connectivity index is 0.00000208. The molecule has 0 aromatic rings. The summed E-state index contributed by atoms with van der Waals surface area (Å²) in [5.41, 5.74) is 0. The minimum absolute atomic E-state index is 0. The van der Waals surface area contributed by atoms with E-state index in [9.17, 15) is 4.79 Å². The van der Waals surface area contributed by atoms with E-state index in [1.165, 1.54) is 25.7 Å². The number of carbonyl (C=O) groups is 1. The van der Waals surface area contributed by atoms with Gasteiger partial charge in [-0.1, -0.05) is 0 Å². The van der Waals surface area contributed by atoms with E-state index >= 15 is 0 Å². The Bertz CT molecular complexity index is 428. The molecule has 0 atom stereocenters. The highest BCUT2D eigenvalue weighted by Gasteiger charge is 2.41. The first-order chi connectivity index (χ1) is 11.2. The number of hydrogen-bond acceptors (Lipinski definition) is 2. The van der Waals surface area contributed by atoms with Crippen molar-refractivity contribution in [3.05, 3.63) is 0 Å². The van der Waals surface area contributed by atoms with E-state index in [0.29, 0.717) is 12.3 Å². The van der Waals surface area contributed by atoms with Gasteiger partial charge in [0.05, 0.1) is 0 Å². The Kier molecular flexibility index (Phi) is 7.62. The number of aliphatic imine (C=N–C) groups is 1. The Morgan fingerprint density at radius 2 is 1.71 bits per heavy atom. The summed E-state index contributed by atoms with van der Waals surface area (Å²) in [5, 5.41) is 6.38. The summed E-state index contributed by atoms with van der Waals surface area (Å²) in [6.07, 6.45) is 8.59. The lowest BCUT2D eigenvalue weighted by Crippen LogP contribution is -2.47. The third-order valence-corrected chi connectivity index (χ3v) is 5.83. The lowest BCUT2D eigenvalue weighted by atomic mass is 9.93. The van der Waals surface area contributed by atoms with Gasteiger partial charge in [0.15, 0.2) is 5.96 Å². The van der Waals surface area contributed by atoms with Crippen LogP contribution >= 0.6 is 24.0 Å². The standard InChI is InChI=1S/C18H32N4O.HI/c1-19-17(23)11-13-7-9-22(10-8-13)18(20-2)21-12-16(14-3-4-14)15-5-6-15;/h13-16H,3-12H2,1-2H3,(H,19,23)(H,20,21);1H. The maximum absolute atomic E-state index is 11.5. The number of guanidine groups is 1. The van der Waals surface area contributed by atoms with Crippen LogP contribution in [0, 0.1) is 23.7 Å². The van der Waals surface area contributed by atoms with Gasteiger partial charge < -0.3 is 15.5 Å². The lowest BCUT2D eigenvalue weighted by Gasteiger charge is -2.34. The number of nitrogens with zero attached hydrogens (tertiary/aromatic N) is 2. The highest BCUT2D eigenvalue weighted by atomic mass is 127. The van der Waals surface area contributed by atoms with Crippen molar-refractivity contribution in [3.8, 4) is 0 Å². The van der Waals surface area contributed by atoms with Crippen LogP contribution in [0.2, 0.25) is 0 Å². The van der Waals surface area contributed by atoms with Crippen LogP contribution in [0.5, 0.6) is 0 Å². The summed E-state index contributed by atoms with van der Waals surface area (Å²) in [6.45, 7) is 3.12. The molecule has 0 spiro atoms. The van der Waals surface area contributed by atoms with Crippen molar-refractivity contribution in [2.24, 2.45) is 28.7 Å². The van der Waals surface area contributed by atoms with Gasteiger partial charge in [0.2, 0.25) is 5.91 Å². The summed E-state index contributed by atoms with van der Waals surface area (Å²) >= 11 is 0. The Morgan fingerprint density at radius 1 is 1.12 bits per heavy atom.